The van der Waals surface area contributed by atoms with Crippen LogP contribution in [0.3, 0.4) is 0 Å². The molecule has 2 rings (SSSR count). The fraction of sp³-hybridized carbons (Fsp3) is 0.250. The Morgan fingerprint density at radius 2 is 1.54 bits per heavy atom. The molecule has 2 heterocycles. The quantitative estimate of drug-likeness (QED) is 0.776. The lowest BCUT2D eigenvalue weighted by molar-refractivity contribution is 1.20. The van der Waals surface area contributed by atoms with Crippen molar-refractivity contribution >= 4 is 11.8 Å². The molecule has 2 aromatic heterocycles. The van der Waals surface area contributed by atoms with Gasteiger partial charge in [-0.25, -0.2) is 9.97 Å². The van der Waals surface area contributed by atoms with Gasteiger partial charge in [0.25, 0.3) is 0 Å². The number of H-pyrrole nitrogens is 2. The van der Waals surface area contributed by atoms with E-state index < -0.39 is 0 Å². The van der Waals surface area contributed by atoms with Crippen molar-refractivity contribution in [3.8, 4) is 0 Å². The average Bonchev–Trinajstić information content (AvgIpc) is 2.75. The Kier molecular flexibility index (Phi) is 2.66. The van der Waals surface area contributed by atoms with Crippen molar-refractivity contribution in [2.24, 2.45) is 0 Å². The second-order valence-electron chi connectivity index (χ2n) is 2.61. The first-order chi connectivity index (χ1) is 6.45. The number of nitrogens with one attached hydrogen (secondary N) is 2. The third-order valence-electron chi connectivity index (χ3n) is 1.61. The number of imidazole rings is 2. The van der Waals surface area contributed by atoms with E-state index in [9.17, 15) is 0 Å². The summed E-state index contributed by atoms with van der Waals surface area (Å²) in [5.74, 6) is 1.85. The summed E-state index contributed by atoms with van der Waals surface area (Å²) in [5, 5.41) is 0. The van der Waals surface area contributed by atoms with Crippen molar-refractivity contribution in [1.29, 1.82) is 0 Å². The number of thioether (sulfide) groups is 1. The molecule has 4 nitrogen and oxygen atoms in total. The summed E-state index contributed by atoms with van der Waals surface area (Å²) in [4.78, 5) is 14.1. The Morgan fingerprint density at radius 1 is 1.00 bits per heavy atom. The number of aromatic amines is 2. The molecular weight excluding hydrogens is 184 g/mol. The van der Waals surface area contributed by atoms with E-state index in [0.29, 0.717) is 0 Å². The lowest BCUT2D eigenvalue weighted by Crippen LogP contribution is -1.82. The topological polar surface area (TPSA) is 57.4 Å². The first kappa shape index (κ1) is 8.37. The number of hydrogen-bond acceptors (Lipinski definition) is 3. The molecule has 0 aromatic carbocycles. The molecule has 0 saturated heterocycles. The van der Waals surface area contributed by atoms with E-state index in [1.54, 1.807) is 24.4 Å². The Labute approximate surface area is 80.2 Å². The lowest BCUT2D eigenvalue weighted by atomic mass is 10.6. The molecule has 5 heteroatoms. The van der Waals surface area contributed by atoms with Gasteiger partial charge in [0.05, 0.1) is 24.0 Å². The van der Waals surface area contributed by atoms with Gasteiger partial charge in [-0.3, -0.25) is 0 Å². The van der Waals surface area contributed by atoms with Gasteiger partial charge < -0.3 is 9.97 Å². The highest BCUT2D eigenvalue weighted by molar-refractivity contribution is 7.97. The molecule has 13 heavy (non-hydrogen) atoms. The van der Waals surface area contributed by atoms with Crippen LogP contribution in [0.1, 0.15) is 11.4 Å². The molecule has 0 aliphatic rings. The second kappa shape index (κ2) is 4.13. The van der Waals surface area contributed by atoms with Gasteiger partial charge in [0, 0.05) is 23.9 Å². The van der Waals surface area contributed by atoms with Gasteiger partial charge in [-0.2, -0.15) is 0 Å². The maximum atomic E-state index is 4.13. The molecule has 0 amide bonds. The van der Waals surface area contributed by atoms with Crippen LogP contribution >= 0.6 is 11.8 Å². The fourth-order valence-corrected chi connectivity index (χ4v) is 1.84. The fourth-order valence-electron chi connectivity index (χ4n) is 1.000. The van der Waals surface area contributed by atoms with Crippen molar-refractivity contribution in [2.45, 2.75) is 11.5 Å². The molecule has 0 aliphatic carbocycles. The Balaban J connectivity index is 1.76. The highest BCUT2D eigenvalue weighted by atomic mass is 32.2. The van der Waals surface area contributed by atoms with Gasteiger partial charge >= 0.3 is 0 Å². The van der Waals surface area contributed by atoms with Crippen molar-refractivity contribution in [2.75, 3.05) is 0 Å². The third kappa shape index (κ3) is 2.35. The molecule has 0 unspecified atom stereocenters. The molecule has 0 spiro atoms. The normalized spacial score (nSPS) is 10.5. The van der Waals surface area contributed by atoms with Gasteiger partial charge in [0.2, 0.25) is 0 Å². The predicted octanol–water partition coefficient (Wildman–Crippen LogP) is 1.57. The van der Waals surface area contributed by atoms with Crippen molar-refractivity contribution in [3.63, 3.8) is 0 Å². The number of aromatic nitrogens is 4. The van der Waals surface area contributed by atoms with Crippen LogP contribution in [0.25, 0.3) is 0 Å². The van der Waals surface area contributed by atoms with Crippen LogP contribution in [-0.2, 0) is 11.5 Å². The summed E-state index contributed by atoms with van der Waals surface area (Å²) in [5.41, 5.74) is 2.17. The average molecular weight is 194 g/mol. The number of rotatable bonds is 4. The van der Waals surface area contributed by atoms with E-state index in [-0.39, 0.29) is 0 Å². The lowest BCUT2D eigenvalue weighted by Gasteiger charge is -1.94. The summed E-state index contributed by atoms with van der Waals surface area (Å²) >= 11 is 1.80. The minimum Gasteiger partial charge on any atom is -0.351 e. The van der Waals surface area contributed by atoms with Crippen molar-refractivity contribution in [1.82, 2.24) is 19.9 Å². The van der Waals surface area contributed by atoms with Gasteiger partial charge in [-0.05, 0) is 0 Å². The van der Waals surface area contributed by atoms with Crippen LogP contribution in [0, 0.1) is 0 Å². The summed E-state index contributed by atoms with van der Waals surface area (Å²) in [6, 6.07) is 0. The summed E-state index contributed by atoms with van der Waals surface area (Å²) in [7, 11) is 0. The first-order valence-electron chi connectivity index (χ1n) is 3.98. The zero-order valence-corrected chi connectivity index (χ0v) is 7.84. The van der Waals surface area contributed by atoms with E-state index in [1.807, 2.05) is 12.4 Å². The van der Waals surface area contributed by atoms with Crippen molar-refractivity contribution < 1.29 is 0 Å². The van der Waals surface area contributed by atoms with Crippen LogP contribution in [0.4, 0.5) is 0 Å². The summed E-state index contributed by atoms with van der Waals surface area (Å²) in [6.45, 7) is 0. The molecule has 0 fully saturated rings. The maximum absolute atomic E-state index is 4.13. The molecular formula is C8H10N4S. The Morgan fingerprint density at radius 3 is 1.92 bits per heavy atom. The molecule has 68 valence electrons. The standard InChI is InChI=1S/C8H10N4S/c1-7(11-5-9-1)3-13-4-8-2-10-6-12-8/h1-2,5-6H,3-4H2,(H,9,11)(H,10,12). The van der Waals surface area contributed by atoms with Crippen LogP contribution in [0.5, 0.6) is 0 Å². The third-order valence-corrected chi connectivity index (χ3v) is 2.61. The second-order valence-corrected chi connectivity index (χ2v) is 3.60. The predicted molar refractivity (Wildman–Crippen MR) is 52.2 cm³/mol. The van der Waals surface area contributed by atoms with E-state index in [2.05, 4.69) is 19.9 Å². The molecule has 0 saturated carbocycles. The highest BCUT2D eigenvalue weighted by Crippen LogP contribution is 2.13. The number of nitrogens with zero attached hydrogens (tertiary/aromatic N) is 2. The van der Waals surface area contributed by atoms with Crippen LogP contribution < -0.4 is 0 Å². The minimum absolute atomic E-state index is 0.927. The smallest absolute Gasteiger partial charge is 0.0923 e. The van der Waals surface area contributed by atoms with Gasteiger partial charge in [0.1, 0.15) is 0 Å². The van der Waals surface area contributed by atoms with Gasteiger partial charge in [-0.15, -0.1) is 11.8 Å². The SMILES string of the molecule is c1nc(CSCc2c[nH]cn2)c[nH]1. The summed E-state index contributed by atoms with van der Waals surface area (Å²) < 4.78 is 0. The molecule has 2 N–H and O–H groups in total. The zero-order valence-electron chi connectivity index (χ0n) is 7.03. The molecule has 0 radical (unpaired) electrons. The Bertz CT molecular complexity index is 293. The first-order valence-corrected chi connectivity index (χ1v) is 5.13. The summed E-state index contributed by atoms with van der Waals surface area (Å²) in [6.07, 6.45) is 7.23. The monoisotopic (exact) mass is 194 g/mol. The Hall–Kier alpha value is -1.23. The van der Waals surface area contributed by atoms with E-state index >= 15 is 0 Å². The molecule has 0 bridgehead atoms. The van der Waals surface area contributed by atoms with Crippen LogP contribution in [0.2, 0.25) is 0 Å². The zero-order chi connectivity index (χ0) is 8.93. The number of hydrogen-bond donors (Lipinski definition) is 2. The van der Waals surface area contributed by atoms with Crippen LogP contribution in [-0.4, -0.2) is 19.9 Å². The van der Waals surface area contributed by atoms with E-state index in [1.165, 1.54) is 0 Å². The largest absolute Gasteiger partial charge is 0.351 e. The molecule has 2 aromatic rings. The van der Waals surface area contributed by atoms with Gasteiger partial charge in [-0.1, -0.05) is 0 Å². The van der Waals surface area contributed by atoms with E-state index in [0.717, 1.165) is 22.9 Å². The van der Waals surface area contributed by atoms with E-state index in [4.69, 9.17) is 0 Å². The van der Waals surface area contributed by atoms with Gasteiger partial charge in [0.15, 0.2) is 0 Å². The maximum Gasteiger partial charge on any atom is 0.0923 e. The molecule has 0 aliphatic heterocycles. The van der Waals surface area contributed by atoms with Crippen molar-refractivity contribution in [3.05, 3.63) is 36.4 Å². The molecule has 0 atom stereocenters. The van der Waals surface area contributed by atoms with Crippen LogP contribution in [0.15, 0.2) is 25.0 Å². The highest BCUT2D eigenvalue weighted by Gasteiger charge is 1.97. The minimum atomic E-state index is 0.927.